The van der Waals surface area contributed by atoms with E-state index in [9.17, 15) is 0 Å². The molecule has 0 radical (unpaired) electrons. The molecule has 1 heterocycles. The van der Waals surface area contributed by atoms with E-state index in [0.29, 0.717) is 5.92 Å². The summed E-state index contributed by atoms with van der Waals surface area (Å²) in [5.41, 5.74) is 1.33. The van der Waals surface area contributed by atoms with Crippen LogP contribution in [-0.4, -0.2) is 11.5 Å². The minimum Gasteiger partial charge on any atom is -0.312 e. The van der Waals surface area contributed by atoms with Gasteiger partial charge in [-0.15, -0.1) is 11.3 Å². The number of hydrogen-bond donors (Lipinski definition) is 1. The van der Waals surface area contributed by atoms with Crippen molar-refractivity contribution in [1.82, 2.24) is 10.3 Å². The van der Waals surface area contributed by atoms with Gasteiger partial charge in [0.1, 0.15) is 0 Å². The van der Waals surface area contributed by atoms with Crippen molar-refractivity contribution in [2.75, 3.05) is 6.54 Å². The van der Waals surface area contributed by atoms with Crippen molar-refractivity contribution in [2.45, 2.75) is 59.9 Å². The zero-order chi connectivity index (χ0) is 12.7. The number of nitrogens with zero attached hydrogens (tertiary/aromatic N) is 1. The lowest BCUT2D eigenvalue weighted by molar-refractivity contribution is 0.641. The maximum atomic E-state index is 4.80. The Morgan fingerprint density at radius 3 is 2.59 bits per heavy atom. The minimum atomic E-state index is 0.701. The molecule has 0 fully saturated rings. The number of aromatic nitrogens is 1. The Hall–Kier alpha value is -0.410. The zero-order valence-electron chi connectivity index (χ0n) is 11.7. The first-order valence-corrected chi connectivity index (χ1v) is 7.67. The Morgan fingerprint density at radius 1 is 1.24 bits per heavy atom. The van der Waals surface area contributed by atoms with Gasteiger partial charge in [0, 0.05) is 17.8 Å². The van der Waals surface area contributed by atoms with Crippen LogP contribution in [0.3, 0.4) is 0 Å². The van der Waals surface area contributed by atoms with Crippen LogP contribution in [0, 0.1) is 5.92 Å². The number of aryl methyl sites for hydroxylation is 1. The highest BCUT2D eigenvalue weighted by atomic mass is 32.1. The van der Waals surface area contributed by atoms with Gasteiger partial charge in [0.15, 0.2) is 0 Å². The molecule has 98 valence electrons. The molecule has 0 saturated heterocycles. The van der Waals surface area contributed by atoms with Crippen LogP contribution in [-0.2, 0) is 19.4 Å². The maximum Gasteiger partial charge on any atom is 0.0934 e. The summed E-state index contributed by atoms with van der Waals surface area (Å²) in [7, 11) is 0. The molecule has 0 spiro atoms. The number of thiazole rings is 1. The number of hydrogen-bond acceptors (Lipinski definition) is 3. The third-order valence-corrected chi connectivity index (χ3v) is 3.72. The summed E-state index contributed by atoms with van der Waals surface area (Å²) in [5, 5.41) is 4.80. The third-order valence-electron chi connectivity index (χ3n) is 2.60. The monoisotopic (exact) mass is 254 g/mol. The van der Waals surface area contributed by atoms with Crippen LogP contribution in [0.15, 0.2) is 0 Å². The van der Waals surface area contributed by atoms with E-state index < -0.39 is 0 Å². The molecule has 0 bridgehead atoms. The largest absolute Gasteiger partial charge is 0.312 e. The second kappa shape index (κ2) is 7.83. The topological polar surface area (TPSA) is 24.9 Å². The molecule has 0 atom stereocenters. The Morgan fingerprint density at radius 2 is 2.00 bits per heavy atom. The van der Waals surface area contributed by atoms with Crippen LogP contribution in [0.5, 0.6) is 0 Å². The molecule has 1 aromatic heterocycles. The fourth-order valence-corrected chi connectivity index (χ4v) is 3.12. The summed E-state index contributed by atoms with van der Waals surface area (Å²) in [6.07, 6.45) is 4.62. The van der Waals surface area contributed by atoms with Gasteiger partial charge in [0.25, 0.3) is 0 Å². The van der Waals surface area contributed by atoms with E-state index in [1.807, 2.05) is 11.3 Å². The van der Waals surface area contributed by atoms with E-state index in [0.717, 1.165) is 25.9 Å². The lowest BCUT2D eigenvalue weighted by atomic mass is 10.1. The maximum absolute atomic E-state index is 4.80. The van der Waals surface area contributed by atoms with Crippen molar-refractivity contribution in [2.24, 2.45) is 5.92 Å². The lowest BCUT2D eigenvalue weighted by Gasteiger charge is -2.02. The molecule has 0 aliphatic rings. The van der Waals surface area contributed by atoms with Gasteiger partial charge in [-0.3, -0.25) is 0 Å². The summed E-state index contributed by atoms with van der Waals surface area (Å²) >= 11 is 1.90. The minimum absolute atomic E-state index is 0.701. The van der Waals surface area contributed by atoms with Gasteiger partial charge in [-0.2, -0.15) is 0 Å². The highest BCUT2D eigenvalue weighted by Crippen LogP contribution is 2.22. The van der Waals surface area contributed by atoms with Gasteiger partial charge in [-0.05, 0) is 25.3 Å². The lowest BCUT2D eigenvalue weighted by Crippen LogP contribution is -2.13. The van der Waals surface area contributed by atoms with Crippen molar-refractivity contribution < 1.29 is 0 Å². The van der Waals surface area contributed by atoms with Crippen LogP contribution in [0.25, 0.3) is 0 Å². The molecule has 17 heavy (non-hydrogen) atoms. The predicted octanol–water partition coefficient (Wildman–Crippen LogP) is 3.79. The normalized spacial score (nSPS) is 11.4. The Kier molecular flexibility index (Phi) is 6.75. The molecule has 0 saturated carbocycles. The van der Waals surface area contributed by atoms with Crippen molar-refractivity contribution in [3.05, 3.63) is 15.6 Å². The molecule has 3 heteroatoms. The Bertz CT molecular complexity index is 318. The fraction of sp³-hybridized carbons (Fsp3) is 0.786. The van der Waals surface area contributed by atoms with Gasteiger partial charge < -0.3 is 5.32 Å². The fourth-order valence-electron chi connectivity index (χ4n) is 1.82. The van der Waals surface area contributed by atoms with Crippen LogP contribution >= 0.6 is 11.3 Å². The molecular weight excluding hydrogens is 228 g/mol. The van der Waals surface area contributed by atoms with Crippen LogP contribution < -0.4 is 5.32 Å². The van der Waals surface area contributed by atoms with Gasteiger partial charge in [0.2, 0.25) is 0 Å². The van der Waals surface area contributed by atoms with Crippen molar-refractivity contribution in [3.63, 3.8) is 0 Å². The Labute approximate surface area is 110 Å². The summed E-state index contributed by atoms with van der Waals surface area (Å²) in [6, 6.07) is 0. The molecule has 1 N–H and O–H groups in total. The summed E-state index contributed by atoms with van der Waals surface area (Å²) in [5.74, 6) is 0.701. The van der Waals surface area contributed by atoms with E-state index >= 15 is 0 Å². The second-order valence-corrected chi connectivity index (χ2v) is 6.17. The molecule has 0 unspecified atom stereocenters. The highest BCUT2D eigenvalue weighted by Gasteiger charge is 2.11. The highest BCUT2D eigenvalue weighted by molar-refractivity contribution is 7.11. The van der Waals surface area contributed by atoms with E-state index in [4.69, 9.17) is 4.98 Å². The van der Waals surface area contributed by atoms with Crippen molar-refractivity contribution >= 4 is 11.3 Å². The van der Waals surface area contributed by atoms with Crippen molar-refractivity contribution in [1.29, 1.82) is 0 Å². The third kappa shape index (κ3) is 5.17. The van der Waals surface area contributed by atoms with Crippen LogP contribution in [0.4, 0.5) is 0 Å². The Balaban J connectivity index is 2.66. The second-order valence-electron chi connectivity index (χ2n) is 5.00. The first-order valence-electron chi connectivity index (χ1n) is 6.85. The van der Waals surface area contributed by atoms with Crippen molar-refractivity contribution in [3.8, 4) is 0 Å². The molecule has 1 aromatic rings. The van der Waals surface area contributed by atoms with Crippen LogP contribution in [0.2, 0.25) is 0 Å². The number of nitrogens with one attached hydrogen (secondary N) is 1. The predicted molar refractivity (Wildman–Crippen MR) is 76.6 cm³/mol. The average molecular weight is 254 g/mol. The molecule has 0 aliphatic heterocycles. The van der Waals surface area contributed by atoms with Crippen LogP contribution in [0.1, 0.15) is 56.1 Å². The molecule has 0 aromatic carbocycles. The average Bonchev–Trinajstić information content (AvgIpc) is 2.61. The molecule has 0 amide bonds. The van der Waals surface area contributed by atoms with E-state index in [1.165, 1.54) is 28.4 Å². The molecule has 0 aliphatic carbocycles. The summed E-state index contributed by atoms with van der Waals surface area (Å²) < 4.78 is 0. The first kappa shape index (κ1) is 14.7. The smallest absolute Gasteiger partial charge is 0.0934 e. The zero-order valence-corrected chi connectivity index (χ0v) is 12.5. The van der Waals surface area contributed by atoms with Gasteiger partial charge in [0.05, 0.1) is 10.7 Å². The quantitative estimate of drug-likeness (QED) is 0.714. The first-order chi connectivity index (χ1) is 8.17. The molecular formula is C14H26N2S. The standard InChI is InChI=1S/C14H26N2S/c1-5-7-12-13(10-15-8-6-2)17-14(16-12)9-11(3)4/h11,15H,5-10H2,1-4H3. The molecule has 1 rings (SSSR count). The summed E-state index contributed by atoms with van der Waals surface area (Å²) in [6.45, 7) is 11.1. The van der Waals surface area contributed by atoms with Gasteiger partial charge >= 0.3 is 0 Å². The van der Waals surface area contributed by atoms with E-state index in [2.05, 4.69) is 33.0 Å². The van der Waals surface area contributed by atoms with E-state index in [1.54, 1.807) is 0 Å². The SMILES string of the molecule is CCCNCc1sc(CC(C)C)nc1CCC. The van der Waals surface area contributed by atoms with Gasteiger partial charge in [-0.25, -0.2) is 4.98 Å². The summed E-state index contributed by atoms with van der Waals surface area (Å²) in [4.78, 5) is 6.25. The van der Waals surface area contributed by atoms with E-state index in [-0.39, 0.29) is 0 Å². The van der Waals surface area contributed by atoms with Gasteiger partial charge in [-0.1, -0.05) is 34.1 Å². The molecule has 2 nitrogen and oxygen atoms in total. The number of rotatable bonds is 8.